The van der Waals surface area contributed by atoms with E-state index in [1.54, 1.807) is 51.3 Å². The number of benzene rings is 2. The molecule has 1 aromatic heterocycles. The Labute approximate surface area is 296 Å². The fourth-order valence-corrected chi connectivity index (χ4v) is 6.56. The number of hydrogen-bond acceptors (Lipinski definition) is 8. The van der Waals surface area contributed by atoms with Crippen LogP contribution in [0.5, 0.6) is 0 Å². The summed E-state index contributed by atoms with van der Waals surface area (Å²) in [5, 5.41) is 0. The van der Waals surface area contributed by atoms with Crippen molar-refractivity contribution >= 4 is 48.7 Å². The monoisotopic (exact) mass is 732 g/mol. The number of rotatable bonds is 12. The number of nitrogens with zero attached hydrogens (tertiary/aromatic N) is 4. The summed E-state index contributed by atoms with van der Waals surface area (Å²) in [5.41, 5.74) is -0.510. The molecule has 2 heterocycles. The number of allylic oxidation sites excluding steroid dienone is 2. The SMILES string of the molecule is CN1C(=CC=Cc2n(CCCCS(=O)(=O)[O-])c3cc(C(F)(F)F)ccc3[n+]2C)N(CCCCS(=O)(=O)[O-])c2cc(C(F)(F)F)ccc21.[Na+]. The molecule has 0 radical (unpaired) electrons. The molecular weight excluding hydrogens is 701 g/mol. The van der Waals surface area contributed by atoms with E-state index in [0.717, 1.165) is 24.3 Å². The second kappa shape index (κ2) is 15.1. The molecule has 0 bridgehead atoms. The Morgan fingerprint density at radius 2 is 1.33 bits per heavy atom. The Hall–Kier alpha value is -2.61. The molecule has 1 aliphatic heterocycles. The van der Waals surface area contributed by atoms with Crippen LogP contribution >= 0.6 is 0 Å². The molecule has 0 aliphatic carbocycles. The molecule has 0 unspecified atom stereocenters. The molecule has 0 saturated heterocycles. The maximum Gasteiger partial charge on any atom is 1.00 e. The third-order valence-corrected chi connectivity index (χ3v) is 9.27. The van der Waals surface area contributed by atoms with Crippen LogP contribution in [-0.4, -0.2) is 55.6 Å². The summed E-state index contributed by atoms with van der Waals surface area (Å²) < 4.78 is 151. The Morgan fingerprint density at radius 1 is 0.792 bits per heavy atom. The van der Waals surface area contributed by atoms with E-state index in [9.17, 15) is 52.3 Å². The van der Waals surface area contributed by atoms with Gasteiger partial charge in [-0.15, -0.1) is 0 Å². The Kier molecular flexibility index (Phi) is 12.5. The minimum atomic E-state index is -4.63. The number of aryl methyl sites for hydroxylation is 2. The van der Waals surface area contributed by atoms with Gasteiger partial charge in [-0.3, -0.25) is 0 Å². The predicted octanol–water partition coefficient (Wildman–Crippen LogP) is 1.97. The Morgan fingerprint density at radius 3 is 1.90 bits per heavy atom. The third-order valence-electron chi connectivity index (χ3n) is 7.69. The van der Waals surface area contributed by atoms with Gasteiger partial charge in [0.1, 0.15) is 5.82 Å². The number of halogens is 6. The van der Waals surface area contributed by atoms with Crippen molar-refractivity contribution in [1.82, 2.24) is 4.57 Å². The van der Waals surface area contributed by atoms with Crippen molar-refractivity contribution in [3.8, 4) is 0 Å². The van der Waals surface area contributed by atoms with Crippen molar-refractivity contribution in [3.63, 3.8) is 0 Å². The zero-order valence-electron chi connectivity index (χ0n) is 26.2. The van der Waals surface area contributed by atoms with Gasteiger partial charge in [0.25, 0.3) is 5.82 Å². The molecule has 1 aliphatic rings. The van der Waals surface area contributed by atoms with Gasteiger partial charge >= 0.3 is 41.9 Å². The molecule has 258 valence electrons. The molecule has 3 aromatic rings. The summed E-state index contributed by atoms with van der Waals surface area (Å²) in [4.78, 5) is 3.18. The molecule has 4 rings (SSSR count). The van der Waals surface area contributed by atoms with E-state index in [-0.39, 0.29) is 79.5 Å². The fourth-order valence-electron chi connectivity index (χ4n) is 5.45. The number of alkyl halides is 6. The number of fused-ring (bicyclic) bond motifs is 2. The molecule has 10 nitrogen and oxygen atoms in total. The standard InChI is InChI=1S/C29H32F6N4O6S2.Na/c1-36-22-12-10-20(28(30,31)32)18-24(22)38(14-3-5-16-46(40,41)42)26(36)8-7-9-27-37(2)23-13-11-21(29(33,34)35)19-25(23)39(27)15-4-6-17-47(43,44)45;/h7-13,18-19H,3-6,14-17H2,1-2H3,(H-,40,41,42,43,44,45);/q;+1/p-1. The smallest absolute Gasteiger partial charge is 0.748 e. The van der Waals surface area contributed by atoms with Crippen LogP contribution in [0.15, 0.2) is 54.4 Å². The van der Waals surface area contributed by atoms with Gasteiger partial charge in [-0.05, 0) is 62.1 Å². The van der Waals surface area contributed by atoms with Crippen molar-refractivity contribution in [1.29, 1.82) is 0 Å². The average molecular weight is 733 g/mol. The van der Waals surface area contributed by atoms with Crippen LogP contribution in [0.3, 0.4) is 0 Å². The van der Waals surface area contributed by atoms with Gasteiger partial charge in [-0.25, -0.2) is 26.0 Å². The summed E-state index contributed by atoms with van der Waals surface area (Å²) in [5.74, 6) is -0.456. The average Bonchev–Trinajstić information content (AvgIpc) is 3.36. The van der Waals surface area contributed by atoms with Crippen molar-refractivity contribution < 1.29 is 86.4 Å². The van der Waals surface area contributed by atoms with Gasteiger partial charge in [0.05, 0.1) is 56.3 Å². The minimum Gasteiger partial charge on any atom is -0.748 e. The first-order chi connectivity index (χ1) is 21.7. The summed E-state index contributed by atoms with van der Waals surface area (Å²) in [6.07, 6.45) is -4.28. The first-order valence-electron chi connectivity index (χ1n) is 14.2. The van der Waals surface area contributed by atoms with Gasteiger partial charge in [-0.1, -0.05) is 6.08 Å². The van der Waals surface area contributed by atoms with Gasteiger partial charge in [-0.2, -0.15) is 26.3 Å². The Bertz CT molecular complexity index is 1930. The van der Waals surface area contributed by atoms with Crippen LogP contribution in [0.2, 0.25) is 0 Å². The van der Waals surface area contributed by atoms with E-state index in [4.69, 9.17) is 0 Å². The number of unbranched alkanes of at least 4 members (excludes halogenated alkanes) is 2. The molecule has 0 fully saturated rings. The van der Waals surface area contributed by atoms with E-state index in [0.29, 0.717) is 22.8 Å². The molecule has 2 aromatic carbocycles. The molecule has 0 spiro atoms. The van der Waals surface area contributed by atoms with E-state index in [2.05, 4.69) is 0 Å². The van der Waals surface area contributed by atoms with Gasteiger partial charge in [0.2, 0.25) is 0 Å². The van der Waals surface area contributed by atoms with Crippen LogP contribution in [-0.2, 0) is 46.2 Å². The first-order valence-corrected chi connectivity index (χ1v) is 17.4. The largest absolute Gasteiger partial charge is 1.00 e. The minimum absolute atomic E-state index is 0. The Balaban J connectivity index is 0.00000625. The maximum absolute atomic E-state index is 13.6. The molecular formula is C29H31F6N4NaO6S2. The van der Waals surface area contributed by atoms with E-state index in [1.165, 1.54) is 12.1 Å². The van der Waals surface area contributed by atoms with Crippen molar-refractivity contribution in [2.24, 2.45) is 7.05 Å². The quantitative estimate of drug-likeness (QED) is 0.0910. The van der Waals surface area contributed by atoms with Crippen molar-refractivity contribution in [2.75, 3.05) is 34.9 Å². The molecule has 48 heavy (non-hydrogen) atoms. The third kappa shape index (κ3) is 9.76. The van der Waals surface area contributed by atoms with E-state index < -0.39 is 55.2 Å². The van der Waals surface area contributed by atoms with Crippen LogP contribution in [0.25, 0.3) is 17.1 Å². The topological polar surface area (TPSA) is 130 Å². The zero-order chi connectivity index (χ0) is 34.9. The van der Waals surface area contributed by atoms with Crippen molar-refractivity contribution in [2.45, 2.75) is 44.6 Å². The van der Waals surface area contributed by atoms with Crippen LogP contribution in [0, 0.1) is 0 Å². The fraction of sp³-hybridized carbons (Fsp3) is 0.414. The van der Waals surface area contributed by atoms with E-state index >= 15 is 0 Å². The number of aromatic nitrogens is 2. The van der Waals surface area contributed by atoms with Gasteiger partial charge < -0.3 is 18.9 Å². The molecule has 19 heteroatoms. The summed E-state index contributed by atoms with van der Waals surface area (Å²) in [6, 6.07) is 6.41. The molecule has 0 saturated carbocycles. The summed E-state index contributed by atoms with van der Waals surface area (Å²) in [7, 11) is -5.74. The van der Waals surface area contributed by atoms with Crippen molar-refractivity contribution in [3.05, 3.63) is 71.3 Å². The zero-order valence-corrected chi connectivity index (χ0v) is 29.8. The molecule has 0 N–H and O–H groups in total. The number of hydrogen-bond donors (Lipinski definition) is 0. The van der Waals surface area contributed by atoms with Gasteiger partial charge in [0.15, 0.2) is 11.0 Å². The van der Waals surface area contributed by atoms with Crippen LogP contribution in [0.1, 0.15) is 42.6 Å². The number of anilines is 2. The molecule has 0 amide bonds. The second-order valence-corrected chi connectivity index (χ2v) is 14.1. The summed E-state index contributed by atoms with van der Waals surface area (Å²) >= 11 is 0. The molecule has 0 atom stereocenters. The predicted molar refractivity (Wildman–Crippen MR) is 160 cm³/mol. The summed E-state index contributed by atoms with van der Waals surface area (Å²) in [6.45, 7) is 0.148. The maximum atomic E-state index is 13.6. The second-order valence-electron chi connectivity index (χ2n) is 11.0. The van der Waals surface area contributed by atoms with Crippen LogP contribution < -0.4 is 43.9 Å². The van der Waals surface area contributed by atoms with E-state index in [1.807, 2.05) is 0 Å². The first kappa shape index (κ1) is 39.8. The number of imidazole rings is 1. The van der Waals surface area contributed by atoms with Gasteiger partial charge in [0, 0.05) is 37.2 Å². The normalized spacial score (nSPS) is 15.2. The van der Waals surface area contributed by atoms with Crippen LogP contribution in [0.4, 0.5) is 37.7 Å².